The minimum absolute atomic E-state index is 0.0373. The second-order valence-electron chi connectivity index (χ2n) is 5.08. The van der Waals surface area contributed by atoms with Gasteiger partial charge in [0, 0.05) is 18.6 Å². The first kappa shape index (κ1) is 12.9. The van der Waals surface area contributed by atoms with Gasteiger partial charge in [0.25, 0.3) is 5.91 Å². The molecule has 0 saturated carbocycles. The highest BCUT2D eigenvalue weighted by Gasteiger charge is 2.20. The summed E-state index contributed by atoms with van der Waals surface area (Å²) in [7, 11) is 0. The number of rotatable bonds is 2. The molecule has 1 aromatic rings. The van der Waals surface area contributed by atoms with Crippen molar-refractivity contribution >= 4 is 5.91 Å². The molecule has 0 bridgehead atoms. The number of amides is 1. The number of carbonyl (C=O) groups excluding carboxylic acids is 1. The van der Waals surface area contributed by atoms with Gasteiger partial charge in [-0.2, -0.15) is 0 Å². The van der Waals surface area contributed by atoms with Crippen LogP contribution < -0.4 is 10.6 Å². The van der Waals surface area contributed by atoms with Crippen molar-refractivity contribution < 1.29 is 9.90 Å². The van der Waals surface area contributed by atoms with Crippen LogP contribution in [0.3, 0.4) is 0 Å². The minimum atomic E-state index is -0.197. The standard InChI is InChI=1S/C14H20N2O2/c1-9-3-6-13(17)12(7-9)14(18)16-11-5-4-10(2)15-8-11/h3,6-7,10-11,15,17H,4-5,8H2,1-2H3,(H,16,18). The van der Waals surface area contributed by atoms with Gasteiger partial charge in [0.15, 0.2) is 0 Å². The van der Waals surface area contributed by atoms with Crippen molar-refractivity contribution in [3.8, 4) is 5.75 Å². The van der Waals surface area contributed by atoms with Gasteiger partial charge >= 0.3 is 0 Å². The molecule has 4 nitrogen and oxygen atoms in total. The molecule has 1 saturated heterocycles. The van der Waals surface area contributed by atoms with Crippen molar-refractivity contribution in [2.24, 2.45) is 0 Å². The maximum atomic E-state index is 12.1. The van der Waals surface area contributed by atoms with Crippen LogP contribution in [-0.2, 0) is 0 Å². The van der Waals surface area contributed by atoms with Gasteiger partial charge in [0.2, 0.25) is 0 Å². The van der Waals surface area contributed by atoms with E-state index in [1.54, 1.807) is 18.2 Å². The summed E-state index contributed by atoms with van der Waals surface area (Å²) in [5.74, 6) is -0.159. The Balaban J connectivity index is 2.01. The Morgan fingerprint density at radius 2 is 2.22 bits per heavy atom. The van der Waals surface area contributed by atoms with Crippen LogP contribution in [0.4, 0.5) is 0 Å². The molecule has 0 radical (unpaired) electrons. The number of phenols is 1. The number of benzene rings is 1. The van der Waals surface area contributed by atoms with Crippen LogP contribution in [0.15, 0.2) is 18.2 Å². The fraction of sp³-hybridized carbons (Fsp3) is 0.500. The van der Waals surface area contributed by atoms with Gasteiger partial charge in [-0.1, -0.05) is 11.6 Å². The monoisotopic (exact) mass is 248 g/mol. The number of carbonyl (C=O) groups is 1. The molecule has 98 valence electrons. The average molecular weight is 248 g/mol. The van der Waals surface area contributed by atoms with E-state index in [1.165, 1.54) is 0 Å². The van der Waals surface area contributed by atoms with Crippen LogP contribution >= 0.6 is 0 Å². The van der Waals surface area contributed by atoms with Crippen LogP contribution in [0.1, 0.15) is 35.7 Å². The van der Waals surface area contributed by atoms with E-state index in [4.69, 9.17) is 0 Å². The fourth-order valence-corrected chi connectivity index (χ4v) is 2.22. The van der Waals surface area contributed by atoms with Gasteiger partial charge in [-0.05, 0) is 38.8 Å². The number of hydrogen-bond donors (Lipinski definition) is 3. The summed E-state index contributed by atoms with van der Waals surface area (Å²) in [4.78, 5) is 12.1. The molecule has 1 amide bonds. The Morgan fingerprint density at radius 1 is 1.44 bits per heavy atom. The molecule has 0 spiro atoms. The molecule has 1 aliphatic rings. The molecule has 1 aliphatic heterocycles. The van der Waals surface area contributed by atoms with E-state index in [0.29, 0.717) is 11.6 Å². The summed E-state index contributed by atoms with van der Waals surface area (Å²) in [6.45, 7) is 4.84. The summed E-state index contributed by atoms with van der Waals surface area (Å²) in [6.07, 6.45) is 2.04. The Morgan fingerprint density at radius 3 is 2.89 bits per heavy atom. The quantitative estimate of drug-likeness (QED) is 0.744. The predicted molar refractivity (Wildman–Crippen MR) is 70.8 cm³/mol. The van der Waals surface area contributed by atoms with Gasteiger partial charge in [-0.3, -0.25) is 4.79 Å². The number of piperidine rings is 1. The molecule has 4 heteroatoms. The lowest BCUT2D eigenvalue weighted by molar-refractivity contribution is 0.0925. The van der Waals surface area contributed by atoms with Crippen molar-refractivity contribution in [2.75, 3.05) is 6.54 Å². The van der Waals surface area contributed by atoms with Gasteiger partial charge in [-0.15, -0.1) is 0 Å². The first-order valence-electron chi connectivity index (χ1n) is 6.40. The van der Waals surface area contributed by atoms with E-state index >= 15 is 0 Å². The number of phenolic OH excluding ortho intramolecular Hbond substituents is 1. The van der Waals surface area contributed by atoms with E-state index in [9.17, 15) is 9.90 Å². The number of nitrogens with one attached hydrogen (secondary N) is 2. The highest BCUT2D eigenvalue weighted by molar-refractivity contribution is 5.97. The third-order valence-electron chi connectivity index (χ3n) is 3.39. The second-order valence-corrected chi connectivity index (χ2v) is 5.08. The molecule has 2 rings (SSSR count). The molecule has 2 atom stereocenters. The van der Waals surface area contributed by atoms with Crippen LogP contribution in [-0.4, -0.2) is 29.6 Å². The topological polar surface area (TPSA) is 61.4 Å². The molecule has 1 heterocycles. The smallest absolute Gasteiger partial charge is 0.255 e. The molecule has 1 fully saturated rings. The second kappa shape index (κ2) is 5.40. The molecule has 2 unspecified atom stereocenters. The van der Waals surface area contributed by atoms with Crippen LogP contribution in [0.25, 0.3) is 0 Å². The van der Waals surface area contributed by atoms with Gasteiger partial charge in [0.05, 0.1) is 5.56 Å². The lowest BCUT2D eigenvalue weighted by atomic mass is 10.0. The number of aromatic hydroxyl groups is 1. The molecule has 0 aliphatic carbocycles. The normalized spacial score (nSPS) is 23.7. The highest BCUT2D eigenvalue weighted by Crippen LogP contribution is 2.18. The van der Waals surface area contributed by atoms with Gasteiger partial charge in [0.1, 0.15) is 5.75 Å². The molecular formula is C14H20N2O2. The lowest BCUT2D eigenvalue weighted by Gasteiger charge is -2.28. The fourth-order valence-electron chi connectivity index (χ4n) is 2.22. The molecule has 18 heavy (non-hydrogen) atoms. The van der Waals surface area contributed by atoms with E-state index in [2.05, 4.69) is 17.6 Å². The number of aryl methyl sites for hydroxylation is 1. The van der Waals surface area contributed by atoms with Crippen molar-refractivity contribution in [1.29, 1.82) is 0 Å². The maximum absolute atomic E-state index is 12.1. The lowest BCUT2D eigenvalue weighted by Crippen LogP contribution is -2.48. The first-order chi connectivity index (χ1) is 8.56. The summed E-state index contributed by atoms with van der Waals surface area (Å²) in [6, 6.07) is 5.73. The summed E-state index contributed by atoms with van der Waals surface area (Å²) in [5, 5.41) is 16.0. The first-order valence-corrected chi connectivity index (χ1v) is 6.40. The van der Waals surface area contributed by atoms with E-state index in [0.717, 1.165) is 24.9 Å². The molecular weight excluding hydrogens is 228 g/mol. The third-order valence-corrected chi connectivity index (χ3v) is 3.39. The van der Waals surface area contributed by atoms with E-state index < -0.39 is 0 Å². The zero-order chi connectivity index (χ0) is 13.1. The predicted octanol–water partition coefficient (Wildman–Crippen LogP) is 1.57. The highest BCUT2D eigenvalue weighted by atomic mass is 16.3. The molecule has 1 aromatic carbocycles. The number of hydrogen-bond acceptors (Lipinski definition) is 3. The van der Waals surface area contributed by atoms with Crippen LogP contribution in [0.2, 0.25) is 0 Å². The van der Waals surface area contributed by atoms with Crippen molar-refractivity contribution in [1.82, 2.24) is 10.6 Å². The SMILES string of the molecule is Cc1ccc(O)c(C(=O)NC2CCC(C)NC2)c1. The van der Waals surface area contributed by atoms with Crippen molar-refractivity contribution in [3.63, 3.8) is 0 Å². The van der Waals surface area contributed by atoms with Crippen LogP contribution in [0, 0.1) is 6.92 Å². The Kier molecular flexibility index (Phi) is 3.87. The van der Waals surface area contributed by atoms with Crippen molar-refractivity contribution in [2.45, 2.75) is 38.8 Å². The van der Waals surface area contributed by atoms with Crippen LogP contribution in [0.5, 0.6) is 5.75 Å². The Labute approximate surface area is 107 Å². The third kappa shape index (κ3) is 3.01. The van der Waals surface area contributed by atoms with E-state index in [-0.39, 0.29) is 17.7 Å². The Hall–Kier alpha value is -1.55. The van der Waals surface area contributed by atoms with E-state index in [1.807, 2.05) is 6.92 Å². The Bertz CT molecular complexity index is 437. The largest absolute Gasteiger partial charge is 0.507 e. The zero-order valence-electron chi connectivity index (χ0n) is 10.9. The van der Waals surface area contributed by atoms with Crippen molar-refractivity contribution in [3.05, 3.63) is 29.3 Å². The summed E-state index contributed by atoms with van der Waals surface area (Å²) >= 11 is 0. The molecule has 3 N–H and O–H groups in total. The molecule has 0 aromatic heterocycles. The van der Waals surface area contributed by atoms with Gasteiger partial charge < -0.3 is 15.7 Å². The van der Waals surface area contributed by atoms with Gasteiger partial charge in [-0.25, -0.2) is 0 Å². The summed E-state index contributed by atoms with van der Waals surface area (Å²) in [5.41, 5.74) is 1.32. The summed E-state index contributed by atoms with van der Waals surface area (Å²) < 4.78 is 0. The zero-order valence-corrected chi connectivity index (χ0v) is 10.9. The maximum Gasteiger partial charge on any atom is 0.255 e. The minimum Gasteiger partial charge on any atom is -0.507 e. The average Bonchev–Trinajstić information content (AvgIpc) is 2.35.